The number of halogens is 1. The van der Waals surface area contributed by atoms with Gasteiger partial charge in [-0.2, -0.15) is 0 Å². The van der Waals surface area contributed by atoms with Gasteiger partial charge in [0.2, 0.25) is 0 Å². The molecule has 0 saturated heterocycles. The Kier molecular flexibility index (Phi) is 4.77. The molecule has 0 radical (unpaired) electrons. The van der Waals surface area contributed by atoms with Gasteiger partial charge in [0.15, 0.2) is 0 Å². The van der Waals surface area contributed by atoms with Gasteiger partial charge in [0.25, 0.3) is 5.91 Å². The fourth-order valence-corrected chi connectivity index (χ4v) is 1.48. The smallest absolute Gasteiger partial charge is 0.253 e. The van der Waals surface area contributed by atoms with Crippen LogP contribution in [0.1, 0.15) is 22.8 Å². The monoisotopic (exact) mass is 241 g/mol. The molecule has 88 valence electrons. The van der Waals surface area contributed by atoms with E-state index in [0.717, 1.165) is 5.56 Å². The third kappa shape index (κ3) is 2.97. The predicted octanol–water partition coefficient (Wildman–Crippen LogP) is 1.88. The second kappa shape index (κ2) is 5.87. The normalized spacial score (nSPS) is 12.2. The molecule has 0 aliphatic rings. The highest BCUT2D eigenvalue weighted by atomic mass is 35.5. The van der Waals surface area contributed by atoms with Crippen LogP contribution in [0.4, 0.5) is 0 Å². The van der Waals surface area contributed by atoms with Crippen LogP contribution in [0, 0.1) is 0 Å². The van der Waals surface area contributed by atoms with Gasteiger partial charge in [-0.05, 0) is 24.6 Å². The number of benzene rings is 1. The summed E-state index contributed by atoms with van der Waals surface area (Å²) in [6.45, 7) is 1.75. The molecule has 16 heavy (non-hydrogen) atoms. The van der Waals surface area contributed by atoms with Gasteiger partial charge >= 0.3 is 0 Å². The van der Waals surface area contributed by atoms with E-state index in [0.29, 0.717) is 11.4 Å². The standard InChI is InChI=1S/C12H16ClNO2/c1-9(8-15)14(2)12(16)11-5-3-4-10(6-11)7-13/h3-6,9,15H,7-8H2,1-2H3. The molecule has 4 heteroatoms. The minimum absolute atomic E-state index is 0.0442. The van der Waals surface area contributed by atoms with Gasteiger partial charge < -0.3 is 10.0 Å². The van der Waals surface area contributed by atoms with Gasteiger partial charge in [0, 0.05) is 18.5 Å². The molecule has 0 bridgehead atoms. The quantitative estimate of drug-likeness (QED) is 0.818. The lowest BCUT2D eigenvalue weighted by Gasteiger charge is -2.23. The summed E-state index contributed by atoms with van der Waals surface area (Å²) in [5.41, 5.74) is 1.51. The van der Waals surface area contributed by atoms with Crippen molar-refractivity contribution in [1.29, 1.82) is 0 Å². The largest absolute Gasteiger partial charge is 0.394 e. The van der Waals surface area contributed by atoms with E-state index in [1.54, 1.807) is 26.1 Å². The number of hydrogen-bond acceptors (Lipinski definition) is 2. The fraction of sp³-hybridized carbons (Fsp3) is 0.417. The van der Waals surface area contributed by atoms with Crippen molar-refractivity contribution < 1.29 is 9.90 Å². The van der Waals surface area contributed by atoms with Crippen molar-refractivity contribution in [1.82, 2.24) is 4.90 Å². The summed E-state index contributed by atoms with van der Waals surface area (Å²) < 4.78 is 0. The highest BCUT2D eigenvalue weighted by Crippen LogP contribution is 2.11. The van der Waals surface area contributed by atoms with Crippen molar-refractivity contribution in [3.8, 4) is 0 Å². The van der Waals surface area contributed by atoms with Crippen LogP contribution in [0.3, 0.4) is 0 Å². The number of amides is 1. The highest BCUT2D eigenvalue weighted by molar-refractivity contribution is 6.17. The second-order valence-electron chi connectivity index (χ2n) is 3.78. The molecule has 0 heterocycles. The highest BCUT2D eigenvalue weighted by Gasteiger charge is 2.16. The number of alkyl halides is 1. The Morgan fingerprint density at radius 1 is 1.56 bits per heavy atom. The Morgan fingerprint density at radius 3 is 2.81 bits per heavy atom. The predicted molar refractivity (Wildman–Crippen MR) is 64.6 cm³/mol. The Balaban J connectivity index is 2.87. The molecule has 1 atom stereocenters. The SMILES string of the molecule is CC(CO)N(C)C(=O)c1cccc(CCl)c1. The molecule has 1 N–H and O–H groups in total. The molecule has 0 aliphatic carbocycles. The van der Waals surface area contributed by atoms with Crippen LogP contribution >= 0.6 is 11.6 Å². The Bertz CT molecular complexity index is 368. The molecule has 0 spiro atoms. The van der Waals surface area contributed by atoms with E-state index in [1.807, 2.05) is 12.1 Å². The number of aliphatic hydroxyl groups excluding tert-OH is 1. The molecule has 3 nitrogen and oxygen atoms in total. The van der Waals surface area contributed by atoms with Gasteiger partial charge in [0.1, 0.15) is 0 Å². The van der Waals surface area contributed by atoms with Crippen molar-refractivity contribution in [3.05, 3.63) is 35.4 Å². The van der Waals surface area contributed by atoms with Crippen LogP contribution in [-0.2, 0) is 5.88 Å². The first-order chi connectivity index (χ1) is 7.60. The summed E-state index contributed by atoms with van der Waals surface area (Å²) in [6.07, 6.45) is 0. The lowest BCUT2D eigenvalue weighted by molar-refractivity contribution is 0.0682. The molecule has 0 saturated carbocycles. The summed E-state index contributed by atoms with van der Waals surface area (Å²) in [7, 11) is 1.68. The number of rotatable bonds is 4. The lowest BCUT2D eigenvalue weighted by Crippen LogP contribution is -2.37. The zero-order valence-corrected chi connectivity index (χ0v) is 10.2. The number of aliphatic hydroxyl groups is 1. The zero-order valence-electron chi connectivity index (χ0n) is 9.48. The minimum atomic E-state index is -0.188. The molecular formula is C12H16ClNO2. The zero-order chi connectivity index (χ0) is 12.1. The van der Waals surface area contributed by atoms with Crippen molar-refractivity contribution >= 4 is 17.5 Å². The first kappa shape index (κ1) is 13.0. The molecule has 1 unspecified atom stereocenters. The maximum absolute atomic E-state index is 12.0. The summed E-state index contributed by atoms with van der Waals surface area (Å²) in [5.74, 6) is 0.286. The van der Waals surface area contributed by atoms with E-state index >= 15 is 0 Å². The Morgan fingerprint density at radius 2 is 2.25 bits per heavy atom. The Hall–Kier alpha value is -1.06. The van der Waals surface area contributed by atoms with E-state index in [-0.39, 0.29) is 18.6 Å². The summed E-state index contributed by atoms with van der Waals surface area (Å²) in [5, 5.41) is 8.99. The van der Waals surface area contributed by atoms with Gasteiger partial charge in [-0.15, -0.1) is 11.6 Å². The number of carbonyl (C=O) groups is 1. The van der Waals surface area contributed by atoms with E-state index in [1.165, 1.54) is 4.90 Å². The molecule has 1 rings (SSSR count). The van der Waals surface area contributed by atoms with Gasteiger partial charge in [-0.3, -0.25) is 4.79 Å². The summed E-state index contributed by atoms with van der Waals surface area (Å²) in [6, 6.07) is 7.02. The average molecular weight is 242 g/mol. The maximum atomic E-state index is 12.0. The minimum Gasteiger partial charge on any atom is -0.394 e. The number of likely N-dealkylation sites (N-methyl/N-ethyl adjacent to an activating group) is 1. The molecule has 0 fully saturated rings. The van der Waals surface area contributed by atoms with E-state index in [9.17, 15) is 4.79 Å². The first-order valence-electron chi connectivity index (χ1n) is 5.13. The van der Waals surface area contributed by atoms with E-state index < -0.39 is 0 Å². The van der Waals surface area contributed by atoms with Gasteiger partial charge in [-0.1, -0.05) is 12.1 Å². The molecule has 0 aliphatic heterocycles. The third-order valence-electron chi connectivity index (χ3n) is 2.57. The second-order valence-corrected chi connectivity index (χ2v) is 4.05. The fourth-order valence-electron chi connectivity index (χ4n) is 1.31. The van der Waals surface area contributed by atoms with Crippen LogP contribution < -0.4 is 0 Å². The summed E-state index contributed by atoms with van der Waals surface area (Å²) >= 11 is 5.71. The first-order valence-corrected chi connectivity index (χ1v) is 5.66. The molecular weight excluding hydrogens is 226 g/mol. The van der Waals surface area contributed by atoms with E-state index in [4.69, 9.17) is 16.7 Å². The van der Waals surface area contributed by atoms with Crippen LogP contribution in [0.25, 0.3) is 0 Å². The Labute approximate surface area is 101 Å². The van der Waals surface area contributed by atoms with E-state index in [2.05, 4.69) is 0 Å². The van der Waals surface area contributed by atoms with Crippen LogP contribution in [0.5, 0.6) is 0 Å². The molecule has 1 amide bonds. The number of hydrogen-bond donors (Lipinski definition) is 1. The van der Waals surface area contributed by atoms with Crippen molar-refractivity contribution in [2.75, 3.05) is 13.7 Å². The van der Waals surface area contributed by atoms with Crippen molar-refractivity contribution in [2.45, 2.75) is 18.8 Å². The lowest BCUT2D eigenvalue weighted by atomic mass is 10.1. The van der Waals surface area contributed by atoms with Crippen LogP contribution in [-0.4, -0.2) is 35.6 Å². The topological polar surface area (TPSA) is 40.5 Å². The molecule has 1 aromatic carbocycles. The molecule has 1 aromatic rings. The maximum Gasteiger partial charge on any atom is 0.253 e. The van der Waals surface area contributed by atoms with Crippen LogP contribution in [0.15, 0.2) is 24.3 Å². The van der Waals surface area contributed by atoms with Gasteiger partial charge in [-0.25, -0.2) is 0 Å². The van der Waals surface area contributed by atoms with Gasteiger partial charge in [0.05, 0.1) is 12.6 Å². The third-order valence-corrected chi connectivity index (χ3v) is 2.88. The summed E-state index contributed by atoms with van der Waals surface area (Å²) in [4.78, 5) is 13.5. The number of nitrogens with zero attached hydrogens (tertiary/aromatic N) is 1. The van der Waals surface area contributed by atoms with Crippen molar-refractivity contribution in [3.63, 3.8) is 0 Å². The van der Waals surface area contributed by atoms with Crippen LogP contribution in [0.2, 0.25) is 0 Å². The number of carbonyl (C=O) groups excluding carboxylic acids is 1. The molecule has 0 aromatic heterocycles. The average Bonchev–Trinajstić information content (AvgIpc) is 2.36. The van der Waals surface area contributed by atoms with Crippen molar-refractivity contribution in [2.24, 2.45) is 0 Å².